The van der Waals surface area contributed by atoms with Crippen LogP contribution >= 0.6 is 0 Å². The van der Waals surface area contributed by atoms with E-state index in [1.807, 2.05) is 35.2 Å². The Morgan fingerprint density at radius 1 is 0.944 bits per heavy atom. The maximum atomic E-state index is 13.1. The van der Waals surface area contributed by atoms with Crippen LogP contribution in [-0.4, -0.2) is 67.2 Å². The third kappa shape index (κ3) is 4.93. The maximum Gasteiger partial charge on any atom is 0.243 e. The summed E-state index contributed by atoms with van der Waals surface area (Å²) in [6.07, 6.45) is 5.01. The highest BCUT2D eigenvalue weighted by Gasteiger charge is 2.35. The van der Waals surface area contributed by atoms with Crippen LogP contribution in [0.25, 0.3) is 0 Å². The monoisotopic (exact) mass is 506 g/mol. The third-order valence-corrected chi connectivity index (χ3v) is 8.35. The Bertz CT molecular complexity index is 1330. The van der Waals surface area contributed by atoms with E-state index in [-0.39, 0.29) is 23.1 Å². The minimum Gasteiger partial charge on any atom is -0.353 e. The molecule has 186 valence electrons. The Labute approximate surface area is 209 Å². The van der Waals surface area contributed by atoms with Gasteiger partial charge in [-0.1, -0.05) is 18.2 Å². The second-order valence-corrected chi connectivity index (χ2v) is 10.6. The predicted octanol–water partition coefficient (Wildman–Crippen LogP) is 1.98. The molecule has 1 atom stereocenters. The molecule has 2 aliphatic rings. The van der Waals surface area contributed by atoms with Crippen LogP contribution in [0.15, 0.2) is 78.1 Å². The Morgan fingerprint density at radius 2 is 1.67 bits per heavy atom. The molecule has 0 bridgehead atoms. The molecule has 0 saturated carbocycles. The van der Waals surface area contributed by atoms with E-state index in [4.69, 9.17) is 0 Å². The highest BCUT2D eigenvalue weighted by molar-refractivity contribution is 7.89. The zero-order chi connectivity index (χ0) is 25.1. The summed E-state index contributed by atoms with van der Waals surface area (Å²) >= 11 is 0. The summed E-state index contributed by atoms with van der Waals surface area (Å²) in [5.41, 5.74) is 1.25. The number of benzene rings is 2. The van der Waals surface area contributed by atoms with Crippen LogP contribution in [-0.2, 0) is 19.6 Å². The molecule has 2 amide bonds. The van der Waals surface area contributed by atoms with Crippen molar-refractivity contribution < 1.29 is 18.0 Å². The fourth-order valence-electron chi connectivity index (χ4n) is 4.46. The lowest BCUT2D eigenvalue weighted by Gasteiger charge is -2.34. The summed E-state index contributed by atoms with van der Waals surface area (Å²) in [5, 5.41) is 2.81. The quantitative estimate of drug-likeness (QED) is 0.544. The highest BCUT2D eigenvalue weighted by Crippen LogP contribution is 2.26. The number of nitrogens with zero attached hydrogens (tertiary/aromatic N) is 5. The summed E-state index contributed by atoms with van der Waals surface area (Å²) in [4.78, 5) is 37.3. The molecule has 36 heavy (non-hydrogen) atoms. The number of para-hydroxylation sites is 1. The second-order valence-electron chi connectivity index (χ2n) is 8.71. The topological polar surface area (TPSA) is 116 Å². The van der Waals surface area contributed by atoms with Crippen molar-refractivity contribution >= 4 is 39.0 Å². The lowest BCUT2D eigenvalue weighted by atomic mass is 10.1. The van der Waals surface area contributed by atoms with Crippen LogP contribution in [0.2, 0.25) is 0 Å². The molecule has 2 aliphatic heterocycles. The van der Waals surface area contributed by atoms with E-state index in [2.05, 4.69) is 15.3 Å². The minimum atomic E-state index is -3.67. The average molecular weight is 507 g/mol. The molecule has 2 fully saturated rings. The number of nitrogens with one attached hydrogen (secondary N) is 1. The van der Waals surface area contributed by atoms with E-state index in [0.29, 0.717) is 38.4 Å². The van der Waals surface area contributed by atoms with Crippen molar-refractivity contribution in [2.45, 2.75) is 11.3 Å². The molecule has 1 unspecified atom stereocenters. The van der Waals surface area contributed by atoms with Crippen LogP contribution in [0.1, 0.15) is 6.42 Å². The van der Waals surface area contributed by atoms with Crippen LogP contribution in [0, 0.1) is 5.92 Å². The Kier molecular flexibility index (Phi) is 6.66. The van der Waals surface area contributed by atoms with Crippen molar-refractivity contribution in [3.05, 3.63) is 73.2 Å². The zero-order valence-electron chi connectivity index (χ0n) is 19.5. The number of carbonyl (C=O) groups is 2. The van der Waals surface area contributed by atoms with Gasteiger partial charge in [-0.2, -0.15) is 4.31 Å². The lowest BCUT2D eigenvalue weighted by Crippen LogP contribution is -2.48. The van der Waals surface area contributed by atoms with Gasteiger partial charge in [-0.15, -0.1) is 0 Å². The van der Waals surface area contributed by atoms with Gasteiger partial charge in [0.2, 0.25) is 21.8 Å². The van der Waals surface area contributed by atoms with E-state index < -0.39 is 15.9 Å². The van der Waals surface area contributed by atoms with Crippen molar-refractivity contribution in [2.75, 3.05) is 47.8 Å². The summed E-state index contributed by atoms with van der Waals surface area (Å²) < 4.78 is 27.7. The lowest BCUT2D eigenvalue weighted by molar-refractivity contribution is -0.122. The Morgan fingerprint density at radius 3 is 2.33 bits per heavy atom. The molecule has 3 aromatic rings. The van der Waals surface area contributed by atoms with Gasteiger partial charge >= 0.3 is 0 Å². The fourth-order valence-corrected chi connectivity index (χ4v) is 5.88. The van der Waals surface area contributed by atoms with Crippen LogP contribution in [0.3, 0.4) is 0 Å². The van der Waals surface area contributed by atoms with Gasteiger partial charge in [-0.25, -0.2) is 13.4 Å². The standard InChI is InChI=1S/C25H26N6O4S/c32-24-16-19(18-31(24)21-4-2-1-3-5-21)25(33)28-20-6-8-22(9-7-20)36(34,35)30-14-12-29(13-15-30)23-17-26-10-11-27-23/h1-11,17,19H,12-16,18H2,(H,28,33). The maximum absolute atomic E-state index is 13.1. The number of anilines is 3. The Balaban J connectivity index is 1.19. The predicted molar refractivity (Wildman–Crippen MR) is 135 cm³/mol. The first-order valence-electron chi connectivity index (χ1n) is 11.7. The third-order valence-electron chi connectivity index (χ3n) is 6.44. The number of carbonyl (C=O) groups excluding carboxylic acids is 2. The molecule has 11 heteroatoms. The van der Waals surface area contributed by atoms with Gasteiger partial charge < -0.3 is 15.1 Å². The SMILES string of the molecule is O=C(Nc1ccc(S(=O)(=O)N2CCN(c3cnccn3)CC2)cc1)C1CC(=O)N(c2ccccc2)C1. The molecule has 5 rings (SSSR count). The molecule has 10 nitrogen and oxygen atoms in total. The number of amides is 2. The highest BCUT2D eigenvalue weighted by atomic mass is 32.2. The van der Waals surface area contributed by atoms with Crippen molar-refractivity contribution in [1.82, 2.24) is 14.3 Å². The molecule has 1 N–H and O–H groups in total. The van der Waals surface area contributed by atoms with Crippen LogP contribution in [0.5, 0.6) is 0 Å². The number of piperazine rings is 1. The largest absolute Gasteiger partial charge is 0.353 e. The molecule has 3 heterocycles. The molecule has 0 radical (unpaired) electrons. The molecule has 0 spiro atoms. The van der Waals surface area contributed by atoms with Crippen molar-refractivity contribution in [1.29, 1.82) is 0 Å². The zero-order valence-corrected chi connectivity index (χ0v) is 20.3. The molecule has 0 aliphatic carbocycles. The van der Waals surface area contributed by atoms with E-state index in [1.165, 1.54) is 16.4 Å². The number of aromatic nitrogens is 2. The number of sulfonamides is 1. The van der Waals surface area contributed by atoms with Gasteiger partial charge in [-0.05, 0) is 36.4 Å². The molecular weight excluding hydrogens is 480 g/mol. The van der Waals surface area contributed by atoms with Crippen LogP contribution < -0.4 is 15.1 Å². The van der Waals surface area contributed by atoms with Crippen molar-refractivity contribution in [2.24, 2.45) is 5.92 Å². The summed E-state index contributed by atoms with van der Waals surface area (Å²) in [7, 11) is -3.67. The first-order valence-corrected chi connectivity index (χ1v) is 13.1. The van der Waals surface area contributed by atoms with Crippen LogP contribution in [0.4, 0.5) is 17.2 Å². The summed E-state index contributed by atoms with van der Waals surface area (Å²) in [6, 6.07) is 15.4. The second kappa shape index (κ2) is 10.0. The number of rotatable bonds is 6. The van der Waals surface area contributed by atoms with Gasteiger partial charge in [0.25, 0.3) is 0 Å². The van der Waals surface area contributed by atoms with Gasteiger partial charge in [0.05, 0.1) is 17.0 Å². The summed E-state index contributed by atoms with van der Waals surface area (Å²) in [6.45, 7) is 2.02. The normalized spacial score (nSPS) is 18.9. The Hall–Kier alpha value is -3.83. The van der Waals surface area contributed by atoms with Crippen molar-refractivity contribution in [3.8, 4) is 0 Å². The first kappa shape index (κ1) is 23.9. The van der Waals surface area contributed by atoms with Gasteiger partial charge in [0.1, 0.15) is 5.82 Å². The first-order chi connectivity index (χ1) is 17.4. The minimum absolute atomic E-state index is 0.0952. The van der Waals surface area contributed by atoms with Gasteiger partial charge in [-0.3, -0.25) is 14.6 Å². The number of hydrogen-bond acceptors (Lipinski definition) is 7. The molecule has 2 saturated heterocycles. The summed E-state index contributed by atoms with van der Waals surface area (Å²) in [5.74, 6) is -0.114. The molecular formula is C25H26N6O4S. The smallest absolute Gasteiger partial charge is 0.243 e. The fraction of sp³-hybridized carbons (Fsp3) is 0.280. The van der Waals surface area contributed by atoms with Crippen molar-refractivity contribution in [3.63, 3.8) is 0 Å². The van der Waals surface area contributed by atoms with E-state index >= 15 is 0 Å². The van der Waals surface area contributed by atoms with E-state index in [9.17, 15) is 18.0 Å². The number of hydrogen-bond donors (Lipinski definition) is 1. The van der Waals surface area contributed by atoms with E-state index in [1.54, 1.807) is 35.6 Å². The molecule has 2 aromatic carbocycles. The van der Waals surface area contributed by atoms with Gasteiger partial charge in [0.15, 0.2) is 0 Å². The van der Waals surface area contributed by atoms with E-state index in [0.717, 1.165) is 11.5 Å². The molecule has 1 aromatic heterocycles. The van der Waals surface area contributed by atoms with Gasteiger partial charge in [0, 0.05) is 62.9 Å². The average Bonchev–Trinajstić information content (AvgIpc) is 3.32.